The molecule has 0 atom stereocenters. The lowest BCUT2D eigenvalue weighted by Crippen LogP contribution is -2.49. The summed E-state index contributed by atoms with van der Waals surface area (Å²) in [4.78, 5) is 21.9. The summed E-state index contributed by atoms with van der Waals surface area (Å²) < 4.78 is 46.9. The number of methoxy groups -OCH3 is 1. The van der Waals surface area contributed by atoms with Gasteiger partial charge in [-0.3, -0.25) is 4.79 Å². The maximum absolute atomic E-state index is 13.6. The van der Waals surface area contributed by atoms with Crippen LogP contribution in [0.1, 0.15) is 42.5 Å². The van der Waals surface area contributed by atoms with Gasteiger partial charge in [0.25, 0.3) is 5.91 Å². The van der Waals surface area contributed by atoms with Crippen molar-refractivity contribution in [3.05, 3.63) is 77.6 Å². The Bertz CT molecular complexity index is 1520. The zero-order valence-electron chi connectivity index (χ0n) is 22.3. The third-order valence-corrected chi connectivity index (χ3v) is 6.90. The molecule has 0 radical (unpaired) electrons. The van der Waals surface area contributed by atoms with E-state index in [-0.39, 0.29) is 17.0 Å². The molecular weight excluding hydrogens is 507 g/mol. The molecule has 2 aromatic heterocycles. The number of para-hydroxylation sites is 1. The van der Waals surface area contributed by atoms with Crippen LogP contribution in [-0.2, 0) is 11.6 Å². The number of carbonyl (C=O) groups excluding carboxylic acids is 1. The van der Waals surface area contributed by atoms with Crippen LogP contribution in [0.5, 0.6) is 5.75 Å². The van der Waals surface area contributed by atoms with E-state index in [4.69, 9.17) is 9.84 Å². The summed E-state index contributed by atoms with van der Waals surface area (Å²) in [6.45, 7) is 7.73. The number of hydrogen-bond donors (Lipinski definition) is 0. The number of halogens is 3. The van der Waals surface area contributed by atoms with Crippen LogP contribution < -0.4 is 9.64 Å². The lowest BCUT2D eigenvalue weighted by molar-refractivity contribution is -0.137. The van der Waals surface area contributed by atoms with Gasteiger partial charge in [0.05, 0.1) is 24.1 Å². The van der Waals surface area contributed by atoms with Crippen molar-refractivity contribution in [3.63, 3.8) is 0 Å². The van der Waals surface area contributed by atoms with E-state index in [0.29, 0.717) is 49.0 Å². The van der Waals surface area contributed by atoms with Crippen LogP contribution in [0.2, 0.25) is 0 Å². The fourth-order valence-electron chi connectivity index (χ4n) is 4.71. The average Bonchev–Trinajstić information content (AvgIpc) is 3.37. The molecule has 204 valence electrons. The summed E-state index contributed by atoms with van der Waals surface area (Å²) in [5, 5.41) is 4.80. The fraction of sp³-hybridized carbons (Fsp3) is 0.345. The van der Waals surface area contributed by atoms with Crippen LogP contribution in [0.4, 0.5) is 18.9 Å². The van der Waals surface area contributed by atoms with Gasteiger partial charge in [-0.15, -0.1) is 0 Å². The maximum Gasteiger partial charge on any atom is 0.416 e. The molecule has 10 heteroatoms. The predicted molar refractivity (Wildman–Crippen MR) is 143 cm³/mol. The molecule has 2 aromatic carbocycles. The Labute approximate surface area is 224 Å². The minimum absolute atomic E-state index is 0.227. The highest BCUT2D eigenvalue weighted by Gasteiger charge is 2.32. The number of benzene rings is 2. The van der Waals surface area contributed by atoms with E-state index in [1.807, 2.05) is 35.2 Å². The van der Waals surface area contributed by atoms with E-state index in [0.717, 1.165) is 23.4 Å². The van der Waals surface area contributed by atoms with Gasteiger partial charge in [0.2, 0.25) is 0 Å². The number of aromatic nitrogens is 3. The molecule has 1 fully saturated rings. The molecule has 0 unspecified atom stereocenters. The minimum Gasteiger partial charge on any atom is -0.496 e. The van der Waals surface area contributed by atoms with Crippen molar-refractivity contribution in [2.45, 2.75) is 32.4 Å². The molecule has 1 saturated heterocycles. The number of ether oxygens (including phenoxy) is 1. The van der Waals surface area contributed by atoms with E-state index in [2.05, 4.69) is 25.8 Å². The first kappa shape index (κ1) is 26.5. The van der Waals surface area contributed by atoms with Crippen molar-refractivity contribution >= 4 is 17.2 Å². The first-order valence-corrected chi connectivity index (χ1v) is 12.7. The quantitative estimate of drug-likeness (QED) is 0.335. The Balaban J connectivity index is 1.45. The van der Waals surface area contributed by atoms with E-state index in [9.17, 15) is 18.0 Å². The minimum atomic E-state index is -4.40. The standard InChI is InChI=1S/C29H30F3N5O2/c1-28(2,3)25-18-26-33-22(17-23(37(26)34-25)21-10-5-6-11-24(21)39-4)27(38)36-14-12-35(13-15-36)20-9-7-8-19(16-20)29(30,31)32/h5-11,16-18H,12-15H2,1-4H3. The Kier molecular flexibility index (Phi) is 6.74. The van der Waals surface area contributed by atoms with Crippen molar-refractivity contribution in [2.24, 2.45) is 0 Å². The lowest BCUT2D eigenvalue weighted by Gasteiger charge is -2.36. The molecule has 5 rings (SSSR count). The molecule has 1 aliphatic heterocycles. The summed E-state index contributed by atoms with van der Waals surface area (Å²) in [6, 6.07) is 16.4. The summed E-state index contributed by atoms with van der Waals surface area (Å²) in [6.07, 6.45) is -4.40. The summed E-state index contributed by atoms with van der Waals surface area (Å²) >= 11 is 0. The van der Waals surface area contributed by atoms with Gasteiger partial charge in [0, 0.05) is 48.9 Å². The van der Waals surface area contributed by atoms with Gasteiger partial charge >= 0.3 is 6.18 Å². The number of alkyl halides is 3. The van der Waals surface area contributed by atoms with Gasteiger partial charge in [-0.1, -0.05) is 39.0 Å². The Morgan fingerprint density at radius 3 is 2.31 bits per heavy atom. The highest BCUT2D eigenvalue weighted by molar-refractivity contribution is 5.94. The van der Waals surface area contributed by atoms with Crippen LogP contribution in [-0.4, -0.2) is 58.7 Å². The molecule has 0 N–H and O–H groups in total. The molecule has 3 heterocycles. The first-order valence-electron chi connectivity index (χ1n) is 12.7. The topological polar surface area (TPSA) is 63.0 Å². The number of hydrogen-bond acceptors (Lipinski definition) is 5. The second-order valence-electron chi connectivity index (χ2n) is 10.6. The number of rotatable bonds is 4. The first-order chi connectivity index (χ1) is 18.5. The third-order valence-electron chi connectivity index (χ3n) is 6.90. The average molecular weight is 538 g/mol. The van der Waals surface area contributed by atoms with Gasteiger partial charge in [0.1, 0.15) is 11.4 Å². The van der Waals surface area contributed by atoms with Crippen molar-refractivity contribution < 1.29 is 22.7 Å². The number of anilines is 1. The highest BCUT2D eigenvalue weighted by atomic mass is 19.4. The van der Waals surface area contributed by atoms with E-state index in [1.54, 1.807) is 28.7 Å². The van der Waals surface area contributed by atoms with Crippen molar-refractivity contribution in [1.82, 2.24) is 19.5 Å². The Morgan fingerprint density at radius 2 is 1.64 bits per heavy atom. The van der Waals surface area contributed by atoms with Crippen LogP contribution >= 0.6 is 0 Å². The molecule has 0 aliphatic carbocycles. The molecule has 0 bridgehead atoms. The van der Waals surface area contributed by atoms with E-state index in [1.165, 1.54) is 6.07 Å². The monoisotopic (exact) mass is 537 g/mol. The zero-order valence-corrected chi connectivity index (χ0v) is 22.3. The normalized spacial score (nSPS) is 14.6. The van der Waals surface area contributed by atoms with Gasteiger partial charge in [-0.25, -0.2) is 9.50 Å². The third kappa shape index (κ3) is 5.28. The van der Waals surface area contributed by atoms with Crippen molar-refractivity contribution in [1.29, 1.82) is 0 Å². The molecule has 39 heavy (non-hydrogen) atoms. The Hall–Kier alpha value is -4.08. The molecule has 7 nitrogen and oxygen atoms in total. The van der Waals surface area contributed by atoms with Crippen molar-refractivity contribution in [3.8, 4) is 17.0 Å². The second-order valence-corrected chi connectivity index (χ2v) is 10.6. The van der Waals surface area contributed by atoms with Gasteiger partial charge in [0.15, 0.2) is 5.65 Å². The largest absolute Gasteiger partial charge is 0.496 e. The molecule has 4 aromatic rings. The summed E-state index contributed by atoms with van der Waals surface area (Å²) in [5.41, 5.74) is 2.70. The van der Waals surface area contributed by atoms with E-state index >= 15 is 0 Å². The molecular formula is C29H30F3N5O2. The van der Waals surface area contributed by atoms with Crippen LogP contribution in [0.3, 0.4) is 0 Å². The van der Waals surface area contributed by atoms with Crippen LogP contribution in [0, 0.1) is 0 Å². The van der Waals surface area contributed by atoms with Crippen LogP contribution in [0.25, 0.3) is 16.9 Å². The maximum atomic E-state index is 13.6. The molecule has 0 spiro atoms. The lowest BCUT2D eigenvalue weighted by atomic mass is 9.93. The second kappa shape index (κ2) is 9.91. The number of amides is 1. The number of fused-ring (bicyclic) bond motifs is 1. The Morgan fingerprint density at radius 1 is 0.923 bits per heavy atom. The number of piperazine rings is 1. The smallest absolute Gasteiger partial charge is 0.416 e. The van der Waals surface area contributed by atoms with Crippen LogP contribution in [0.15, 0.2) is 60.7 Å². The summed E-state index contributed by atoms with van der Waals surface area (Å²) in [7, 11) is 1.59. The number of carbonyl (C=O) groups is 1. The molecule has 0 saturated carbocycles. The fourth-order valence-corrected chi connectivity index (χ4v) is 4.71. The van der Waals surface area contributed by atoms with Gasteiger partial charge < -0.3 is 14.5 Å². The predicted octanol–water partition coefficient (Wildman–Crippen LogP) is 5.68. The molecule has 1 aliphatic rings. The van der Waals surface area contributed by atoms with Crippen molar-refractivity contribution in [2.75, 3.05) is 38.2 Å². The van der Waals surface area contributed by atoms with E-state index < -0.39 is 11.7 Å². The summed E-state index contributed by atoms with van der Waals surface area (Å²) in [5.74, 6) is 0.404. The highest BCUT2D eigenvalue weighted by Crippen LogP contribution is 2.33. The van der Waals surface area contributed by atoms with Gasteiger partial charge in [-0.05, 0) is 36.4 Å². The van der Waals surface area contributed by atoms with Gasteiger partial charge in [-0.2, -0.15) is 18.3 Å². The molecule has 1 amide bonds. The number of nitrogens with zero attached hydrogens (tertiary/aromatic N) is 5. The SMILES string of the molecule is COc1ccccc1-c1cc(C(=O)N2CCN(c3cccc(C(F)(F)F)c3)CC2)nc2cc(C(C)(C)C)nn12. The zero-order chi connectivity index (χ0) is 27.9.